The molecule has 0 aromatic carbocycles. The second kappa shape index (κ2) is 5.47. The summed E-state index contributed by atoms with van der Waals surface area (Å²) in [4.78, 5) is 2.18. The SMILES string of the molecule is CN(CC(Cl)C#N)CC1CCCC1. The highest BCUT2D eigenvalue weighted by atomic mass is 35.5. The number of hydrogen-bond acceptors (Lipinski definition) is 2. The summed E-state index contributed by atoms with van der Waals surface area (Å²) >= 11 is 5.74. The van der Waals surface area contributed by atoms with Gasteiger partial charge in [-0.05, 0) is 25.8 Å². The summed E-state index contributed by atoms with van der Waals surface area (Å²) in [6.45, 7) is 1.79. The Morgan fingerprint density at radius 3 is 2.69 bits per heavy atom. The molecule has 0 aromatic heterocycles. The lowest BCUT2D eigenvalue weighted by molar-refractivity contribution is 0.285. The molecule has 0 aromatic rings. The Bertz CT molecular complexity index is 182. The van der Waals surface area contributed by atoms with Gasteiger partial charge in [0.1, 0.15) is 5.38 Å². The fourth-order valence-electron chi connectivity index (χ4n) is 2.02. The van der Waals surface area contributed by atoms with Gasteiger partial charge in [-0.25, -0.2) is 0 Å². The number of nitriles is 1. The molecule has 1 aliphatic carbocycles. The van der Waals surface area contributed by atoms with Crippen LogP contribution in [0.4, 0.5) is 0 Å². The van der Waals surface area contributed by atoms with Crippen molar-refractivity contribution in [3.05, 3.63) is 0 Å². The number of hydrogen-bond donors (Lipinski definition) is 0. The molecule has 0 aliphatic heterocycles. The second-order valence-electron chi connectivity index (χ2n) is 3.97. The molecule has 0 spiro atoms. The summed E-state index contributed by atoms with van der Waals surface area (Å²) in [5.74, 6) is 0.840. The van der Waals surface area contributed by atoms with E-state index in [1.54, 1.807) is 0 Å². The molecule has 13 heavy (non-hydrogen) atoms. The van der Waals surface area contributed by atoms with Gasteiger partial charge >= 0.3 is 0 Å². The smallest absolute Gasteiger partial charge is 0.133 e. The zero-order valence-corrected chi connectivity index (χ0v) is 8.93. The van der Waals surface area contributed by atoms with Gasteiger partial charge in [-0.3, -0.25) is 0 Å². The fourth-order valence-corrected chi connectivity index (χ4v) is 2.26. The van der Waals surface area contributed by atoms with Crippen molar-refractivity contribution < 1.29 is 0 Å². The van der Waals surface area contributed by atoms with Crippen molar-refractivity contribution in [3.63, 3.8) is 0 Å². The summed E-state index contributed by atoms with van der Waals surface area (Å²) in [7, 11) is 2.05. The van der Waals surface area contributed by atoms with Gasteiger partial charge in [-0.1, -0.05) is 12.8 Å². The van der Waals surface area contributed by atoms with E-state index in [0.29, 0.717) is 6.54 Å². The lowest BCUT2D eigenvalue weighted by Crippen LogP contribution is -2.29. The lowest BCUT2D eigenvalue weighted by Gasteiger charge is -2.20. The maximum absolute atomic E-state index is 8.54. The van der Waals surface area contributed by atoms with E-state index >= 15 is 0 Å². The summed E-state index contributed by atoms with van der Waals surface area (Å²) in [5, 5.41) is 8.18. The van der Waals surface area contributed by atoms with E-state index in [1.165, 1.54) is 25.7 Å². The first-order valence-electron chi connectivity index (χ1n) is 4.94. The third kappa shape index (κ3) is 3.97. The van der Waals surface area contributed by atoms with E-state index in [0.717, 1.165) is 12.5 Å². The molecule has 1 unspecified atom stereocenters. The standard InChI is InChI=1S/C10H17ClN2/c1-13(8-10(11)6-12)7-9-4-2-3-5-9/h9-10H,2-5,7-8H2,1H3. The van der Waals surface area contributed by atoms with Crippen LogP contribution < -0.4 is 0 Å². The average molecular weight is 201 g/mol. The van der Waals surface area contributed by atoms with Crippen molar-refractivity contribution in [2.45, 2.75) is 31.1 Å². The maximum Gasteiger partial charge on any atom is 0.133 e. The van der Waals surface area contributed by atoms with Crippen LogP contribution in [-0.2, 0) is 0 Å². The molecule has 1 saturated carbocycles. The topological polar surface area (TPSA) is 27.0 Å². The molecule has 1 rings (SSSR count). The molecule has 0 bridgehead atoms. The van der Waals surface area contributed by atoms with Gasteiger partial charge in [0.2, 0.25) is 0 Å². The van der Waals surface area contributed by atoms with E-state index in [4.69, 9.17) is 16.9 Å². The van der Waals surface area contributed by atoms with Gasteiger partial charge < -0.3 is 4.90 Å². The van der Waals surface area contributed by atoms with Crippen LogP contribution in [0.3, 0.4) is 0 Å². The van der Waals surface area contributed by atoms with Crippen molar-refractivity contribution >= 4 is 11.6 Å². The molecule has 1 aliphatic rings. The number of rotatable bonds is 4. The number of nitrogens with zero attached hydrogens (tertiary/aromatic N) is 2. The van der Waals surface area contributed by atoms with Gasteiger partial charge in [0.25, 0.3) is 0 Å². The molecule has 1 atom stereocenters. The minimum Gasteiger partial charge on any atom is -0.304 e. The molecule has 0 saturated heterocycles. The molecule has 1 fully saturated rings. The minimum atomic E-state index is -0.355. The summed E-state index contributed by atoms with van der Waals surface area (Å²) in [6, 6.07) is 2.04. The molecule has 0 amide bonds. The highest BCUT2D eigenvalue weighted by Crippen LogP contribution is 2.25. The quantitative estimate of drug-likeness (QED) is 0.651. The van der Waals surface area contributed by atoms with E-state index < -0.39 is 0 Å². The fraction of sp³-hybridized carbons (Fsp3) is 0.900. The normalized spacial score (nSPS) is 20.5. The van der Waals surface area contributed by atoms with Gasteiger partial charge in [-0.2, -0.15) is 5.26 Å². The predicted octanol–water partition coefficient (Wildman–Crippen LogP) is 2.24. The van der Waals surface area contributed by atoms with Gasteiger partial charge in [0, 0.05) is 13.1 Å². The highest BCUT2D eigenvalue weighted by molar-refractivity contribution is 6.22. The Morgan fingerprint density at radius 2 is 2.15 bits per heavy atom. The lowest BCUT2D eigenvalue weighted by atomic mass is 10.1. The predicted molar refractivity (Wildman–Crippen MR) is 54.7 cm³/mol. The molecule has 3 heteroatoms. The molecule has 2 nitrogen and oxygen atoms in total. The van der Waals surface area contributed by atoms with Crippen LogP contribution in [-0.4, -0.2) is 30.4 Å². The van der Waals surface area contributed by atoms with Crippen LogP contribution in [0, 0.1) is 17.2 Å². The van der Waals surface area contributed by atoms with Crippen molar-refractivity contribution in [2.75, 3.05) is 20.1 Å². The summed E-state index contributed by atoms with van der Waals surface area (Å²) in [6.07, 6.45) is 5.45. The van der Waals surface area contributed by atoms with E-state index in [9.17, 15) is 0 Å². The van der Waals surface area contributed by atoms with E-state index in [2.05, 4.69) is 4.90 Å². The molecule has 74 valence electrons. The van der Waals surface area contributed by atoms with Crippen LogP contribution in [0.15, 0.2) is 0 Å². The largest absolute Gasteiger partial charge is 0.304 e. The third-order valence-electron chi connectivity index (χ3n) is 2.66. The van der Waals surface area contributed by atoms with E-state index in [1.807, 2.05) is 13.1 Å². The Labute approximate surface area is 85.5 Å². The molecular formula is C10H17ClN2. The van der Waals surface area contributed by atoms with Gasteiger partial charge in [-0.15, -0.1) is 11.6 Å². The monoisotopic (exact) mass is 200 g/mol. The molecule has 0 N–H and O–H groups in total. The first kappa shape index (κ1) is 10.8. The van der Waals surface area contributed by atoms with Gasteiger partial charge in [0.15, 0.2) is 0 Å². The Morgan fingerprint density at radius 1 is 1.54 bits per heavy atom. The van der Waals surface area contributed by atoms with Crippen LogP contribution in [0.25, 0.3) is 0 Å². The third-order valence-corrected chi connectivity index (χ3v) is 2.89. The second-order valence-corrected chi connectivity index (χ2v) is 4.50. The minimum absolute atomic E-state index is 0.355. The van der Waals surface area contributed by atoms with Crippen LogP contribution >= 0.6 is 11.6 Å². The summed E-state index contributed by atoms with van der Waals surface area (Å²) in [5.41, 5.74) is 0. The number of halogens is 1. The first-order chi connectivity index (χ1) is 6.22. The van der Waals surface area contributed by atoms with Gasteiger partial charge in [0.05, 0.1) is 6.07 Å². The average Bonchev–Trinajstić information content (AvgIpc) is 2.56. The summed E-state index contributed by atoms with van der Waals surface area (Å²) < 4.78 is 0. The van der Waals surface area contributed by atoms with E-state index in [-0.39, 0.29) is 5.38 Å². The number of alkyl halides is 1. The van der Waals surface area contributed by atoms with Crippen molar-refractivity contribution in [3.8, 4) is 6.07 Å². The first-order valence-corrected chi connectivity index (χ1v) is 5.38. The zero-order chi connectivity index (χ0) is 9.68. The maximum atomic E-state index is 8.54. The zero-order valence-electron chi connectivity index (χ0n) is 8.17. The molecule has 0 heterocycles. The molecular weight excluding hydrogens is 184 g/mol. The Balaban J connectivity index is 2.16. The van der Waals surface area contributed by atoms with Crippen molar-refractivity contribution in [1.82, 2.24) is 4.90 Å². The molecule has 0 radical (unpaired) electrons. The van der Waals surface area contributed by atoms with Crippen LogP contribution in [0.2, 0.25) is 0 Å². The van der Waals surface area contributed by atoms with Crippen LogP contribution in [0.1, 0.15) is 25.7 Å². The Kier molecular flexibility index (Phi) is 4.55. The highest BCUT2D eigenvalue weighted by Gasteiger charge is 2.17. The van der Waals surface area contributed by atoms with Crippen molar-refractivity contribution in [1.29, 1.82) is 5.26 Å². The Hall–Kier alpha value is -0.260. The van der Waals surface area contributed by atoms with Crippen LogP contribution in [0.5, 0.6) is 0 Å². The van der Waals surface area contributed by atoms with Crippen molar-refractivity contribution in [2.24, 2.45) is 5.92 Å².